The summed E-state index contributed by atoms with van der Waals surface area (Å²) in [6.07, 6.45) is 16.7. The molecule has 0 heterocycles. The highest BCUT2D eigenvalue weighted by Gasteiger charge is 2.25. The van der Waals surface area contributed by atoms with Gasteiger partial charge in [-0.05, 0) is 67.1 Å². The molecule has 2 aliphatic rings. The lowest BCUT2D eigenvalue weighted by Gasteiger charge is -2.32. The van der Waals surface area contributed by atoms with Gasteiger partial charge in [0.05, 0.1) is 11.1 Å². The summed E-state index contributed by atoms with van der Waals surface area (Å²) >= 11 is 0. The summed E-state index contributed by atoms with van der Waals surface area (Å²) in [5.41, 5.74) is 2.30. The lowest BCUT2D eigenvalue weighted by atomic mass is 9.74. The predicted octanol–water partition coefficient (Wildman–Crippen LogP) is 7.09. The second-order valence-corrected chi connectivity index (χ2v) is 9.00. The molecule has 0 aliphatic heterocycles. The SMILES string of the molecule is CCC[C@H]1CC[C@H](CC[C@H]2CC[C@H](c3ccc(C#N)c(C#N)c3)CC2)CC1. The van der Waals surface area contributed by atoms with E-state index in [9.17, 15) is 5.26 Å². The molecule has 0 saturated heterocycles. The van der Waals surface area contributed by atoms with Crippen LogP contribution in [0.4, 0.5) is 0 Å². The van der Waals surface area contributed by atoms with Crippen LogP contribution < -0.4 is 0 Å². The third kappa shape index (κ3) is 5.35. The summed E-state index contributed by atoms with van der Waals surface area (Å²) in [5, 5.41) is 18.3. The van der Waals surface area contributed by atoms with Crippen LogP contribution in [0.2, 0.25) is 0 Å². The van der Waals surface area contributed by atoms with Crippen LogP contribution in [-0.2, 0) is 0 Å². The first-order valence-electron chi connectivity index (χ1n) is 11.2. The monoisotopic (exact) mass is 362 g/mol. The van der Waals surface area contributed by atoms with E-state index in [0.717, 1.165) is 17.8 Å². The second kappa shape index (κ2) is 9.94. The zero-order valence-corrected chi connectivity index (χ0v) is 16.9. The van der Waals surface area contributed by atoms with Crippen molar-refractivity contribution in [3.05, 3.63) is 34.9 Å². The largest absolute Gasteiger partial charge is 0.192 e. The van der Waals surface area contributed by atoms with Crippen LogP contribution in [0.15, 0.2) is 18.2 Å². The Morgan fingerprint density at radius 3 is 1.78 bits per heavy atom. The summed E-state index contributed by atoms with van der Waals surface area (Å²) < 4.78 is 0. The van der Waals surface area contributed by atoms with Crippen molar-refractivity contribution in [2.75, 3.05) is 0 Å². The van der Waals surface area contributed by atoms with E-state index in [4.69, 9.17) is 5.26 Å². The fourth-order valence-corrected chi connectivity index (χ4v) is 5.48. The Morgan fingerprint density at radius 1 is 0.741 bits per heavy atom. The molecule has 0 radical (unpaired) electrons. The van der Waals surface area contributed by atoms with Crippen molar-refractivity contribution in [2.45, 2.75) is 89.9 Å². The van der Waals surface area contributed by atoms with Crippen molar-refractivity contribution in [3.63, 3.8) is 0 Å². The highest BCUT2D eigenvalue weighted by Crippen LogP contribution is 2.40. The molecule has 0 unspecified atom stereocenters. The van der Waals surface area contributed by atoms with Gasteiger partial charge in [-0.3, -0.25) is 0 Å². The Labute approximate surface area is 165 Å². The van der Waals surface area contributed by atoms with Crippen LogP contribution in [-0.4, -0.2) is 0 Å². The lowest BCUT2D eigenvalue weighted by Crippen LogP contribution is -2.17. The van der Waals surface area contributed by atoms with Crippen molar-refractivity contribution in [1.29, 1.82) is 10.5 Å². The minimum atomic E-state index is 0.503. The van der Waals surface area contributed by atoms with Crippen molar-refractivity contribution in [3.8, 4) is 12.1 Å². The van der Waals surface area contributed by atoms with Crippen molar-refractivity contribution in [1.82, 2.24) is 0 Å². The molecule has 27 heavy (non-hydrogen) atoms. The van der Waals surface area contributed by atoms with Gasteiger partial charge < -0.3 is 0 Å². The number of nitriles is 2. The molecule has 0 bridgehead atoms. The zero-order chi connectivity index (χ0) is 19.1. The van der Waals surface area contributed by atoms with Crippen LogP contribution in [0.3, 0.4) is 0 Å². The van der Waals surface area contributed by atoms with Gasteiger partial charge in [-0.2, -0.15) is 10.5 Å². The summed E-state index contributed by atoms with van der Waals surface area (Å²) in [6, 6.07) is 10.2. The zero-order valence-electron chi connectivity index (χ0n) is 16.9. The van der Waals surface area contributed by atoms with Gasteiger partial charge >= 0.3 is 0 Å². The molecular formula is C25H34N2. The molecule has 2 fully saturated rings. The molecule has 1 aromatic carbocycles. The minimum absolute atomic E-state index is 0.503. The third-order valence-corrected chi connectivity index (χ3v) is 7.25. The van der Waals surface area contributed by atoms with E-state index in [0.29, 0.717) is 17.0 Å². The maximum atomic E-state index is 9.25. The Morgan fingerprint density at radius 2 is 1.26 bits per heavy atom. The average molecular weight is 363 g/mol. The van der Waals surface area contributed by atoms with Crippen LogP contribution >= 0.6 is 0 Å². The van der Waals surface area contributed by atoms with Gasteiger partial charge in [0.1, 0.15) is 12.1 Å². The van der Waals surface area contributed by atoms with E-state index in [1.165, 1.54) is 82.6 Å². The van der Waals surface area contributed by atoms with Crippen molar-refractivity contribution in [2.24, 2.45) is 17.8 Å². The first-order valence-corrected chi connectivity index (χ1v) is 11.2. The molecule has 0 aromatic heterocycles. The number of nitrogens with zero attached hydrogens (tertiary/aromatic N) is 2. The fraction of sp³-hybridized carbons (Fsp3) is 0.680. The number of benzene rings is 1. The van der Waals surface area contributed by atoms with Gasteiger partial charge in [-0.25, -0.2) is 0 Å². The number of hydrogen-bond acceptors (Lipinski definition) is 2. The van der Waals surface area contributed by atoms with E-state index < -0.39 is 0 Å². The van der Waals surface area contributed by atoms with Crippen LogP contribution in [0, 0.1) is 40.4 Å². The summed E-state index contributed by atoms with van der Waals surface area (Å²) in [5.74, 6) is 3.49. The van der Waals surface area contributed by atoms with Gasteiger partial charge in [-0.15, -0.1) is 0 Å². The predicted molar refractivity (Wildman–Crippen MR) is 110 cm³/mol. The minimum Gasteiger partial charge on any atom is -0.192 e. The van der Waals surface area contributed by atoms with E-state index >= 15 is 0 Å². The lowest BCUT2D eigenvalue weighted by molar-refractivity contribution is 0.224. The number of hydrogen-bond donors (Lipinski definition) is 0. The highest BCUT2D eigenvalue weighted by atomic mass is 14.3. The summed E-state index contributed by atoms with van der Waals surface area (Å²) in [6.45, 7) is 2.32. The van der Waals surface area contributed by atoms with Crippen LogP contribution in [0.5, 0.6) is 0 Å². The van der Waals surface area contributed by atoms with Crippen molar-refractivity contribution < 1.29 is 0 Å². The number of rotatable bonds is 6. The molecule has 3 rings (SSSR count). The van der Waals surface area contributed by atoms with Crippen molar-refractivity contribution >= 4 is 0 Å². The molecule has 0 atom stereocenters. The Bertz CT molecular complexity index is 677. The summed E-state index contributed by atoms with van der Waals surface area (Å²) in [4.78, 5) is 0. The van der Waals surface area contributed by atoms with E-state index in [-0.39, 0.29) is 0 Å². The van der Waals surface area contributed by atoms with Gasteiger partial charge in [0, 0.05) is 0 Å². The van der Waals surface area contributed by atoms with Gasteiger partial charge in [0.25, 0.3) is 0 Å². The van der Waals surface area contributed by atoms with Gasteiger partial charge in [0.15, 0.2) is 0 Å². The molecule has 2 saturated carbocycles. The van der Waals surface area contributed by atoms with Gasteiger partial charge in [-0.1, -0.05) is 64.4 Å². The quantitative estimate of drug-likeness (QED) is 0.542. The maximum absolute atomic E-state index is 9.25. The first-order chi connectivity index (χ1) is 13.2. The normalized spacial score (nSPS) is 28.3. The molecule has 0 amide bonds. The third-order valence-electron chi connectivity index (χ3n) is 7.25. The van der Waals surface area contributed by atoms with Crippen LogP contribution in [0.25, 0.3) is 0 Å². The van der Waals surface area contributed by atoms with E-state index in [2.05, 4.69) is 25.1 Å². The Balaban J connectivity index is 1.42. The molecule has 0 N–H and O–H groups in total. The second-order valence-electron chi connectivity index (χ2n) is 9.00. The molecule has 2 aliphatic carbocycles. The fourth-order valence-electron chi connectivity index (χ4n) is 5.48. The molecule has 2 nitrogen and oxygen atoms in total. The van der Waals surface area contributed by atoms with Gasteiger partial charge in [0.2, 0.25) is 0 Å². The van der Waals surface area contributed by atoms with E-state index in [1.54, 1.807) is 0 Å². The first kappa shape index (κ1) is 19.9. The molecule has 144 valence electrons. The summed E-state index contributed by atoms with van der Waals surface area (Å²) in [7, 11) is 0. The maximum Gasteiger partial charge on any atom is 0.101 e. The molecule has 2 heteroatoms. The molecular weight excluding hydrogens is 328 g/mol. The Kier molecular flexibility index (Phi) is 7.34. The smallest absolute Gasteiger partial charge is 0.101 e. The molecule has 0 spiro atoms. The highest BCUT2D eigenvalue weighted by molar-refractivity contribution is 5.48. The topological polar surface area (TPSA) is 47.6 Å². The van der Waals surface area contributed by atoms with Crippen LogP contribution in [0.1, 0.15) is 107 Å². The van der Waals surface area contributed by atoms with E-state index in [1.807, 2.05) is 12.1 Å². The average Bonchev–Trinajstić information content (AvgIpc) is 2.73. The standard InChI is InChI=1S/C25H34N2/c1-2-3-19-4-6-20(7-5-19)8-9-21-10-12-22(13-11-21)23-14-15-24(17-26)25(16-23)18-27/h14-16,19-22H,2-13H2,1H3/t19-,20-,21-,22-. The molecule has 1 aromatic rings. The Hall–Kier alpha value is -1.80.